The van der Waals surface area contributed by atoms with Crippen molar-refractivity contribution < 1.29 is 0 Å². The first-order valence-electron chi connectivity index (χ1n) is 8.24. The van der Waals surface area contributed by atoms with Gasteiger partial charge in [0.2, 0.25) is 0 Å². The van der Waals surface area contributed by atoms with Crippen molar-refractivity contribution in [1.82, 2.24) is 4.57 Å². The molecule has 1 heterocycles. The minimum Gasteiger partial charge on any atom is -0.318 e. The molecule has 1 aromatic heterocycles. The van der Waals surface area contributed by atoms with E-state index in [2.05, 4.69) is 94.2 Å². The second-order valence-electron chi connectivity index (χ2n) is 6.27. The lowest BCUT2D eigenvalue weighted by atomic mass is 10.0. The molecule has 0 bridgehead atoms. The van der Waals surface area contributed by atoms with Gasteiger partial charge in [0.25, 0.3) is 0 Å². The van der Waals surface area contributed by atoms with Crippen LogP contribution in [0, 0.1) is 35.7 Å². The second kappa shape index (κ2) is 7.81. The third-order valence-electron chi connectivity index (χ3n) is 4.45. The van der Waals surface area contributed by atoms with Gasteiger partial charge in [0.1, 0.15) is 0 Å². The lowest BCUT2D eigenvalue weighted by molar-refractivity contribution is 0.961. The van der Waals surface area contributed by atoms with E-state index in [4.69, 9.17) is 0 Å². The molecule has 26 heavy (non-hydrogen) atoms. The van der Waals surface area contributed by atoms with Gasteiger partial charge in [0.05, 0.1) is 11.6 Å². The van der Waals surface area contributed by atoms with Crippen molar-refractivity contribution in [2.45, 2.75) is 20.8 Å². The number of allylic oxidation sites excluding steroid dienone is 1. The lowest BCUT2D eigenvalue weighted by Gasteiger charge is -2.11. The number of aryl methyl sites for hydroxylation is 2. The fourth-order valence-electron chi connectivity index (χ4n) is 3.06. The number of hydrogen-bond donors (Lipinski definition) is 0. The molecule has 4 heteroatoms. The van der Waals surface area contributed by atoms with Crippen LogP contribution < -0.4 is 0 Å². The average Bonchev–Trinajstić information content (AvgIpc) is 2.90. The summed E-state index contributed by atoms with van der Waals surface area (Å²) in [6, 6.07) is 18.8. The standard InChI is InChI=1S/C22H18BrIN2/c1-14-10-21(8-9-22(14)24)26-15(2)11-18(16(26)3)12-19(13-25)17-4-6-20(23)7-5-17/h4-12H,1-3H3/b19-12-. The Morgan fingerprint density at radius 1 is 1.08 bits per heavy atom. The van der Waals surface area contributed by atoms with Gasteiger partial charge in [-0.15, -0.1) is 0 Å². The Balaban J connectivity index is 2.08. The van der Waals surface area contributed by atoms with Gasteiger partial charge in [0.15, 0.2) is 0 Å². The Bertz CT molecular complexity index is 1040. The van der Waals surface area contributed by atoms with Crippen molar-refractivity contribution in [3.63, 3.8) is 0 Å². The van der Waals surface area contributed by atoms with E-state index in [1.165, 1.54) is 9.13 Å². The first-order chi connectivity index (χ1) is 12.4. The summed E-state index contributed by atoms with van der Waals surface area (Å²) in [4.78, 5) is 0. The Morgan fingerprint density at radius 2 is 1.77 bits per heavy atom. The molecule has 0 amide bonds. The Labute approximate surface area is 176 Å². The first-order valence-corrected chi connectivity index (χ1v) is 10.1. The quantitative estimate of drug-likeness (QED) is 0.277. The molecule has 0 aliphatic rings. The van der Waals surface area contributed by atoms with Crippen LogP contribution in [0.4, 0.5) is 0 Å². The van der Waals surface area contributed by atoms with Crippen LogP contribution in [0.3, 0.4) is 0 Å². The number of halogens is 2. The maximum Gasteiger partial charge on any atom is 0.0998 e. The predicted octanol–water partition coefficient (Wildman–Crippen LogP) is 6.83. The van der Waals surface area contributed by atoms with E-state index in [9.17, 15) is 5.26 Å². The van der Waals surface area contributed by atoms with Gasteiger partial charge in [-0.1, -0.05) is 28.1 Å². The van der Waals surface area contributed by atoms with Gasteiger partial charge < -0.3 is 4.57 Å². The van der Waals surface area contributed by atoms with E-state index < -0.39 is 0 Å². The number of benzene rings is 2. The molecule has 2 aromatic carbocycles. The second-order valence-corrected chi connectivity index (χ2v) is 8.35. The normalized spacial score (nSPS) is 11.5. The molecule has 0 aliphatic carbocycles. The van der Waals surface area contributed by atoms with Crippen LogP contribution in [0.5, 0.6) is 0 Å². The van der Waals surface area contributed by atoms with E-state index >= 15 is 0 Å². The third-order valence-corrected chi connectivity index (χ3v) is 6.18. The molecule has 0 spiro atoms. The van der Waals surface area contributed by atoms with Crippen molar-refractivity contribution in [3.05, 3.63) is 84.7 Å². The predicted molar refractivity (Wildman–Crippen MR) is 120 cm³/mol. The van der Waals surface area contributed by atoms with Crippen molar-refractivity contribution in [2.75, 3.05) is 0 Å². The maximum atomic E-state index is 9.62. The highest BCUT2D eigenvalue weighted by Gasteiger charge is 2.11. The first kappa shape index (κ1) is 18.9. The molecule has 0 saturated heterocycles. The average molecular weight is 517 g/mol. The van der Waals surface area contributed by atoms with Gasteiger partial charge in [-0.25, -0.2) is 0 Å². The van der Waals surface area contributed by atoms with E-state index in [1.807, 2.05) is 30.3 Å². The van der Waals surface area contributed by atoms with E-state index in [0.29, 0.717) is 5.57 Å². The minimum atomic E-state index is 0.663. The number of nitrogens with zero attached hydrogens (tertiary/aromatic N) is 2. The third kappa shape index (κ3) is 3.79. The number of hydrogen-bond acceptors (Lipinski definition) is 1. The molecule has 0 unspecified atom stereocenters. The van der Waals surface area contributed by atoms with Crippen LogP contribution in [-0.4, -0.2) is 4.57 Å². The summed E-state index contributed by atoms with van der Waals surface area (Å²) in [5.41, 5.74) is 7.36. The highest BCUT2D eigenvalue weighted by molar-refractivity contribution is 14.1. The maximum absolute atomic E-state index is 9.62. The van der Waals surface area contributed by atoms with Gasteiger partial charge in [0, 0.05) is 25.1 Å². The molecule has 2 nitrogen and oxygen atoms in total. The summed E-state index contributed by atoms with van der Waals surface area (Å²) in [5.74, 6) is 0. The largest absolute Gasteiger partial charge is 0.318 e. The van der Waals surface area contributed by atoms with Gasteiger partial charge >= 0.3 is 0 Å². The molecular formula is C22H18BrIN2. The van der Waals surface area contributed by atoms with E-state index in [1.54, 1.807) is 0 Å². The van der Waals surface area contributed by atoms with Crippen molar-refractivity contribution in [2.24, 2.45) is 0 Å². The van der Waals surface area contributed by atoms with Gasteiger partial charge in [-0.05, 0) is 103 Å². The van der Waals surface area contributed by atoms with Crippen molar-refractivity contribution >= 4 is 50.2 Å². The summed E-state index contributed by atoms with van der Waals surface area (Å²) < 4.78 is 4.51. The molecule has 0 radical (unpaired) electrons. The molecule has 0 aliphatic heterocycles. The lowest BCUT2D eigenvalue weighted by Crippen LogP contribution is -2.00. The SMILES string of the molecule is Cc1cc(-n2c(C)cc(/C=C(/C#N)c3ccc(Br)cc3)c2C)ccc1I. The topological polar surface area (TPSA) is 28.7 Å². The van der Waals surface area contributed by atoms with E-state index in [-0.39, 0.29) is 0 Å². The smallest absolute Gasteiger partial charge is 0.0998 e. The Kier molecular flexibility index (Phi) is 5.69. The molecule has 3 rings (SSSR count). The van der Waals surface area contributed by atoms with Crippen molar-refractivity contribution in [3.8, 4) is 11.8 Å². The molecule has 0 atom stereocenters. The summed E-state index contributed by atoms with van der Waals surface area (Å²) in [7, 11) is 0. The Hall–Kier alpha value is -1.84. The van der Waals surface area contributed by atoms with Gasteiger partial charge in [-0.2, -0.15) is 5.26 Å². The molecular weight excluding hydrogens is 499 g/mol. The molecule has 0 fully saturated rings. The van der Waals surface area contributed by atoms with Crippen LogP contribution in [0.25, 0.3) is 17.3 Å². The Morgan fingerprint density at radius 3 is 2.38 bits per heavy atom. The summed E-state index contributed by atoms with van der Waals surface area (Å²) in [5, 5.41) is 9.62. The molecule has 0 saturated carbocycles. The molecule has 0 N–H and O–H groups in total. The minimum absolute atomic E-state index is 0.663. The fraction of sp³-hybridized carbons (Fsp3) is 0.136. The van der Waals surface area contributed by atoms with Crippen molar-refractivity contribution in [1.29, 1.82) is 5.26 Å². The van der Waals surface area contributed by atoms with Crippen LogP contribution in [-0.2, 0) is 0 Å². The fourth-order valence-corrected chi connectivity index (χ4v) is 3.66. The number of nitriles is 1. The zero-order valence-corrected chi connectivity index (χ0v) is 18.6. The zero-order chi connectivity index (χ0) is 18.8. The highest BCUT2D eigenvalue weighted by Crippen LogP contribution is 2.27. The van der Waals surface area contributed by atoms with Crippen LogP contribution >= 0.6 is 38.5 Å². The van der Waals surface area contributed by atoms with Gasteiger partial charge in [-0.3, -0.25) is 0 Å². The number of aromatic nitrogens is 1. The summed E-state index contributed by atoms with van der Waals surface area (Å²) in [6.45, 7) is 6.33. The number of rotatable bonds is 3. The highest BCUT2D eigenvalue weighted by atomic mass is 127. The van der Waals surface area contributed by atoms with Crippen LogP contribution in [0.2, 0.25) is 0 Å². The monoisotopic (exact) mass is 516 g/mol. The molecule has 3 aromatic rings. The summed E-state index contributed by atoms with van der Waals surface area (Å²) >= 11 is 5.79. The van der Waals surface area contributed by atoms with Crippen LogP contribution in [0.15, 0.2) is 53.0 Å². The summed E-state index contributed by atoms with van der Waals surface area (Å²) in [6.07, 6.45) is 1.97. The zero-order valence-electron chi connectivity index (χ0n) is 14.8. The van der Waals surface area contributed by atoms with E-state index in [0.717, 1.165) is 32.7 Å². The van der Waals surface area contributed by atoms with Crippen LogP contribution in [0.1, 0.15) is 28.1 Å². The molecule has 130 valence electrons.